The summed E-state index contributed by atoms with van der Waals surface area (Å²) in [5.41, 5.74) is 0. The molecule has 0 aromatic carbocycles. The molecule has 0 rings (SSSR count). The fraction of sp³-hybridized carbons (Fsp3) is 0. The van der Waals surface area contributed by atoms with Crippen LogP contribution in [0.25, 0.3) is 0 Å². The molecule has 0 saturated heterocycles. The predicted octanol–water partition coefficient (Wildman–Crippen LogP) is -6.63. The van der Waals surface area contributed by atoms with E-state index in [1.54, 1.807) is 0 Å². The van der Waals surface area contributed by atoms with Crippen LogP contribution in [0.2, 0.25) is 0 Å². The van der Waals surface area contributed by atoms with E-state index in [-0.39, 0.29) is 111 Å². The minimum absolute atomic E-state index is 0. The van der Waals surface area contributed by atoms with Crippen LogP contribution in [0.4, 0.5) is 0 Å². The summed E-state index contributed by atoms with van der Waals surface area (Å²) in [6, 6.07) is 0. The Morgan fingerprint density at radius 1 is 0.909 bits per heavy atom. The van der Waals surface area contributed by atoms with Gasteiger partial charge >= 0.3 is 108 Å². The first-order valence-electron chi connectivity index (χ1n) is 1.10. The number of rotatable bonds is 0. The van der Waals surface area contributed by atoms with Crippen molar-refractivity contribution in [2.24, 2.45) is 0 Å². The van der Waals surface area contributed by atoms with Crippen molar-refractivity contribution in [1.29, 1.82) is 0 Å². The Kier molecular flexibility index (Phi) is 60.3. The Morgan fingerprint density at radius 2 is 0.909 bits per heavy atom. The molecule has 8 nitrogen and oxygen atoms in total. The first kappa shape index (κ1) is 29.3. The van der Waals surface area contributed by atoms with Gasteiger partial charge in [-0.25, -0.2) is 0 Å². The minimum Gasteiger partial charge on any atom is -1.00 e. The fourth-order valence-corrected chi connectivity index (χ4v) is 0. The van der Waals surface area contributed by atoms with E-state index in [9.17, 15) is 0 Å². The van der Waals surface area contributed by atoms with Gasteiger partial charge in [0.1, 0.15) is 0 Å². The Bertz CT molecular complexity index is 86.6. The van der Waals surface area contributed by atoms with Gasteiger partial charge in [-0.1, -0.05) is 0 Å². The van der Waals surface area contributed by atoms with Crippen LogP contribution >= 0.6 is 0 Å². The van der Waals surface area contributed by atoms with Gasteiger partial charge in [0, 0.05) is 0 Å². The standard InChI is InChI=1S/Ca.K.Li.2NO3.2H/c;;;2*2-1(3)4;;/q+2;2*+1;4*-1. The monoisotopic (exact) mass is 212 g/mol. The SMILES string of the molecule is O=[N+]([O-])[O-].O=[N+]([O-])[O-].[Ca+2].[H-].[H-].[K+].[Li+]. The van der Waals surface area contributed by atoms with E-state index in [4.69, 9.17) is 30.6 Å². The van der Waals surface area contributed by atoms with E-state index in [2.05, 4.69) is 0 Å². The van der Waals surface area contributed by atoms with Crippen molar-refractivity contribution in [2.75, 3.05) is 0 Å². The Balaban J connectivity index is -0.00000000800. The van der Waals surface area contributed by atoms with Crippen LogP contribution in [-0.2, 0) is 0 Å². The van der Waals surface area contributed by atoms with Crippen molar-refractivity contribution >= 4 is 37.7 Å². The summed E-state index contributed by atoms with van der Waals surface area (Å²) < 4.78 is 0. The zero-order chi connectivity index (χ0) is 7.15. The molecule has 0 saturated carbocycles. The summed E-state index contributed by atoms with van der Waals surface area (Å²) in [5, 5.41) is 29.5. The smallest absolute Gasteiger partial charge is 1.00 e. The fourth-order valence-electron chi connectivity index (χ4n) is 0. The Morgan fingerprint density at radius 3 is 0.909 bits per heavy atom. The first-order valence-corrected chi connectivity index (χ1v) is 1.10. The molecule has 0 fully saturated rings. The third kappa shape index (κ3) is 325. The Labute approximate surface area is 148 Å². The maximum atomic E-state index is 8.25. The maximum absolute atomic E-state index is 8.25. The molecule has 0 heterocycles. The molecule has 0 aromatic heterocycles. The Hall–Kier alpha value is 1.89. The molecule has 0 N–H and O–H groups in total. The van der Waals surface area contributed by atoms with Crippen molar-refractivity contribution in [3.05, 3.63) is 30.6 Å². The average molecular weight is 212 g/mol. The second-order valence-corrected chi connectivity index (χ2v) is 0.447. The summed E-state index contributed by atoms with van der Waals surface area (Å²) >= 11 is 0. The van der Waals surface area contributed by atoms with E-state index in [0.717, 1.165) is 0 Å². The minimum atomic E-state index is -1.75. The van der Waals surface area contributed by atoms with Crippen LogP contribution in [0.3, 0.4) is 0 Å². The molecule has 0 aliphatic carbocycles. The van der Waals surface area contributed by atoms with Crippen molar-refractivity contribution < 1.29 is 83.3 Å². The molecule has 11 heteroatoms. The summed E-state index contributed by atoms with van der Waals surface area (Å²) in [4.78, 5) is 16.5. The predicted molar refractivity (Wildman–Crippen MR) is 28.7 cm³/mol. The van der Waals surface area contributed by atoms with Gasteiger partial charge in [0.15, 0.2) is 0 Å². The molecule has 0 atom stereocenters. The van der Waals surface area contributed by atoms with Crippen LogP contribution in [-0.4, -0.2) is 47.9 Å². The normalized spacial score (nSPS) is 4.36. The summed E-state index contributed by atoms with van der Waals surface area (Å²) in [6.45, 7) is 0. The molecule has 52 valence electrons. The van der Waals surface area contributed by atoms with Crippen LogP contribution in [0, 0.1) is 30.6 Å². The second-order valence-electron chi connectivity index (χ2n) is 0.447. The van der Waals surface area contributed by atoms with Gasteiger partial charge < -0.3 is 33.5 Å². The summed E-state index contributed by atoms with van der Waals surface area (Å²) in [6.07, 6.45) is 0. The van der Waals surface area contributed by atoms with Gasteiger partial charge in [0.05, 0.1) is 10.2 Å². The quantitative estimate of drug-likeness (QED) is 0.222. The largest absolute Gasteiger partial charge is 2.00 e. The second kappa shape index (κ2) is 22.7. The summed E-state index contributed by atoms with van der Waals surface area (Å²) in [7, 11) is 0. The van der Waals surface area contributed by atoms with Crippen molar-refractivity contribution in [2.45, 2.75) is 0 Å². The number of hydrogen-bond acceptors (Lipinski definition) is 6. The first-order chi connectivity index (χ1) is 3.46. The van der Waals surface area contributed by atoms with Gasteiger partial charge in [0.25, 0.3) is 0 Å². The van der Waals surface area contributed by atoms with Crippen LogP contribution in [0.1, 0.15) is 2.85 Å². The van der Waals surface area contributed by atoms with Crippen molar-refractivity contribution in [3.8, 4) is 0 Å². The van der Waals surface area contributed by atoms with Gasteiger partial charge in [-0.15, -0.1) is 0 Å². The molecule has 0 aromatic rings. The van der Waals surface area contributed by atoms with E-state index < -0.39 is 10.2 Å². The van der Waals surface area contributed by atoms with Gasteiger partial charge in [-0.2, -0.15) is 0 Å². The molecular formula is H2CaKLiN2O6. The molecule has 0 spiro atoms. The molecule has 0 aliphatic heterocycles. The van der Waals surface area contributed by atoms with Crippen LogP contribution in [0.15, 0.2) is 0 Å². The van der Waals surface area contributed by atoms with E-state index in [1.807, 2.05) is 0 Å². The number of nitrogens with zero attached hydrogens (tertiary/aromatic N) is 2. The topological polar surface area (TPSA) is 132 Å². The zero-order valence-corrected chi connectivity index (χ0v) is 11.4. The molecule has 0 amide bonds. The molecule has 0 aliphatic rings. The van der Waals surface area contributed by atoms with Crippen molar-refractivity contribution in [1.82, 2.24) is 0 Å². The van der Waals surface area contributed by atoms with Gasteiger partial charge in [-0.3, -0.25) is 0 Å². The van der Waals surface area contributed by atoms with E-state index >= 15 is 0 Å². The van der Waals surface area contributed by atoms with Crippen LogP contribution < -0.4 is 70.2 Å². The average Bonchev–Trinajstić information content (AvgIpc) is 1.25. The number of hydrogen-bond donors (Lipinski definition) is 0. The van der Waals surface area contributed by atoms with Gasteiger partial charge in [-0.05, 0) is 0 Å². The van der Waals surface area contributed by atoms with Crippen molar-refractivity contribution in [3.63, 3.8) is 0 Å². The van der Waals surface area contributed by atoms with E-state index in [0.29, 0.717) is 0 Å². The molecular weight excluding hydrogens is 210 g/mol. The third-order valence-corrected chi connectivity index (χ3v) is 0. The molecule has 0 radical (unpaired) electrons. The van der Waals surface area contributed by atoms with Gasteiger partial charge in [0.2, 0.25) is 0 Å². The zero-order valence-electron chi connectivity index (χ0n) is 8.05. The maximum Gasteiger partial charge on any atom is 2.00 e. The van der Waals surface area contributed by atoms with E-state index in [1.165, 1.54) is 0 Å². The molecule has 0 bridgehead atoms. The molecule has 0 unspecified atom stereocenters. The third-order valence-electron chi connectivity index (χ3n) is 0. The van der Waals surface area contributed by atoms with Crippen LogP contribution in [0.5, 0.6) is 0 Å². The molecule has 11 heavy (non-hydrogen) atoms. The summed E-state index contributed by atoms with van der Waals surface area (Å²) in [5.74, 6) is 0.